The fourth-order valence-electron chi connectivity index (χ4n) is 2.51. The van der Waals surface area contributed by atoms with Crippen LogP contribution in [0.15, 0.2) is 30.5 Å². The van der Waals surface area contributed by atoms with Gasteiger partial charge >= 0.3 is 0 Å². The number of benzene rings is 1. The molecule has 0 spiro atoms. The van der Waals surface area contributed by atoms with Gasteiger partial charge in [-0.2, -0.15) is 0 Å². The van der Waals surface area contributed by atoms with E-state index in [9.17, 15) is 0 Å². The molecule has 2 aromatic rings. The van der Waals surface area contributed by atoms with E-state index in [1.165, 1.54) is 12.8 Å². The van der Waals surface area contributed by atoms with Gasteiger partial charge in [-0.1, -0.05) is 12.1 Å². The van der Waals surface area contributed by atoms with E-state index >= 15 is 0 Å². The van der Waals surface area contributed by atoms with Crippen LogP contribution in [0.25, 0.3) is 11.0 Å². The SMILES string of the molecule is c1ccc2nc(OCCC3CCNCC3)cnc2c1. The third kappa shape index (κ3) is 3.20. The van der Waals surface area contributed by atoms with Crippen molar-refractivity contribution < 1.29 is 4.74 Å². The summed E-state index contributed by atoms with van der Waals surface area (Å²) >= 11 is 0. The molecule has 1 aliphatic rings. The van der Waals surface area contributed by atoms with Crippen LogP contribution in [0, 0.1) is 5.92 Å². The minimum atomic E-state index is 0.632. The van der Waals surface area contributed by atoms with Gasteiger partial charge in [-0.3, -0.25) is 0 Å². The molecule has 1 fully saturated rings. The lowest BCUT2D eigenvalue weighted by Gasteiger charge is -2.22. The van der Waals surface area contributed by atoms with E-state index in [2.05, 4.69) is 15.3 Å². The number of nitrogens with one attached hydrogen (secondary N) is 1. The molecular weight excluding hydrogens is 238 g/mol. The van der Waals surface area contributed by atoms with Gasteiger partial charge in [-0.05, 0) is 50.4 Å². The molecule has 0 amide bonds. The lowest BCUT2D eigenvalue weighted by molar-refractivity contribution is 0.245. The highest BCUT2D eigenvalue weighted by atomic mass is 16.5. The van der Waals surface area contributed by atoms with E-state index in [-0.39, 0.29) is 0 Å². The van der Waals surface area contributed by atoms with Crippen molar-refractivity contribution in [3.05, 3.63) is 30.5 Å². The first-order chi connectivity index (χ1) is 9.42. The summed E-state index contributed by atoms with van der Waals surface area (Å²) in [5.41, 5.74) is 1.80. The summed E-state index contributed by atoms with van der Waals surface area (Å²) in [6.45, 7) is 3.01. The van der Waals surface area contributed by atoms with Crippen LogP contribution >= 0.6 is 0 Å². The van der Waals surface area contributed by atoms with E-state index in [1.807, 2.05) is 24.3 Å². The van der Waals surface area contributed by atoms with Gasteiger partial charge < -0.3 is 10.1 Å². The molecule has 0 aliphatic carbocycles. The first-order valence-electron chi connectivity index (χ1n) is 6.97. The molecule has 0 saturated carbocycles. The van der Waals surface area contributed by atoms with Gasteiger partial charge in [0.05, 0.1) is 23.8 Å². The maximum atomic E-state index is 5.72. The van der Waals surface area contributed by atoms with Crippen molar-refractivity contribution in [1.82, 2.24) is 15.3 Å². The van der Waals surface area contributed by atoms with Crippen molar-refractivity contribution in [2.75, 3.05) is 19.7 Å². The predicted octanol–water partition coefficient (Wildman–Crippen LogP) is 2.40. The molecule has 4 heteroatoms. The third-order valence-electron chi connectivity index (χ3n) is 3.66. The number of rotatable bonds is 4. The topological polar surface area (TPSA) is 47.0 Å². The molecule has 100 valence electrons. The largest absolute Gasteiger partial charge is 0.477 e. The van der Waals surface area contributed by atoms with E-state index in [0.717, 1.165) is 43.1 Å². The van der Waals surface area contributed by atoms with Gasteiger partial charge in [0.25, 0.3) is 0 Å². The van der Waals surface area contributed by atoms with Crippen molar-refractivity contribution >= 4 is 11.0 Å². The Hall–Kier alpha value is -1.68. The van der Waals surface area contributed by atoms with Crippen LogP contribution in [-0.2, 0) is 0 Å². The van der Waals surface area contributed by atoms with Gasteiger partial charge in [0.15, 0.2) is 0 Å². The average Bonchev–Trinajstić information content (AvgIpc) is 2.48. The average molecular weight is 257 g/mol. The van der Waals surface area contributed by atoms with Crippen LogP contribution in [0.4, 0.5) is 0 Å². The number of aromatic nitrogens is 2. The van der Waals surface area contributed by atoms with Gasteiger partial charge in [-0.15, -0.1) is 0 Å². The Morgan fingerprint density at radius 1 is 1.16 bits per heavy atom. The van der Waals surface area contributed by atoms with E-state index in [1.54, 1.807) is 6.20 Å². The van der Waals surface area contributed by atoms with Crippen LogP contribution in [0.5, 0.6) is 5.88 Å². The first-order valence-corrected chi connectivity index (χ1v) is 6.97. The van der Waals surface area contributed by atoms with Crippen molar-refractivity contribution in [1.29, 1.82) is 0 Å². The van der Waals surface area contributed by atoms with Crippen molar-refractivity contribution in [3.63, 3.8) is 0 Å². The first kappa shape index (κ1) is 12.4. The van der Waals surface area contributed by atoms with E-state index in [4.69, 9.17) is 4.74 Å². The molecule has 0 bridgehead atoms. The summed E-state index contributed by atoms with van der Waals surface area (Å²) in [5.74, 6) is 1.42. The monoisotopic (exact) mass is 257 g/mol. The summed E-state index contributed by atoms with van der Waals surface area (Å²) in [7, 11) is 0. The molecule has 1 aliphatic heterocycles. The summed E-state index contributed by atoms with van der Waals surface area (Å²) in [4.78, 5) is 8.81. The fraction of sp³-hybridized carbons (Fsp3) is 0.467. The summed E-state index contributed by atoms with van der Waals surface area (Å²) in [6, 6.07) is 7.85. The zero-order valence-corrected chi connectivity index (χ0v) is 11.0. The molecule has 1 aromatic heterocycles. The van der Waals surface area contributed by atoms with Gasteiger partial charge in [0, 0.05) is 0 Å². The number of ether oxygens (including phenoxy) is 1. The summed E-state index contributed by atoms with van der Waals surface area (Å²) in [6.07, 6.45) is 5.33. The van der Waals surface area contributed by atoms with Gasteiger partial charge in [0.2, 0.25) is 5.88 Å². The maximum absolute atomic E-state index is 5.72. The molecule has 3 rings (SSSR count). The van der Waals surface area contributed by atoms with Crippen LogP contribution in [-0.4, -0.2) is 29.7 Å². The van der Waals surface area contributed by atoms with E-state index < -0.39 is 0 Å². The molecule has 2 heterocycles. The van der Waals surface area contributed by atoms with Crippen LogP contribution in [0.1, 0.15) is 19.3 Å². The molecular formula is C15H19N3O. The molecule has 0 unspecified atom stereocenters. The summed E-state index contributed by atoms with van der Waals surface area (Å²) < 4.78 is 5.72. The number of para-hydroxylation sites is 2. The third-order valence-corrected chi connectivity index (χ3v) is 3.66. The Morgan fingerprint density at radius 3 is 2.79 bits per heavy atom. The Morgan fingerprint density at radius 2 is 1.95 bits per heavy atom. The highest BCUT2D eigenvalue weighted by Gasteiger charge is 2.12. The van der Waals surface area contributed by atoms with Crippen LogP contribution in [0.3, 0.4) is 0 Å². The lowest BCUT2D eigenvalue weighted by Crippen LogP contribution is -2.28. The van der Waals surface area contributed by atoms with Gasteiger partial charge in [-0.25, -0.2) is 9.97 Å². The minimum absolute atomic E-state index is 0.632. The molecule has 1 N–H and O–H groups in total. The molecule has 19 heavy (non-hydrogen) atoms. The van der Waals surface area contributed by atoms with Crippen molar-refractivity contribution in [2.24, 2.45) is 5.92 Å². The molecule has 0 radical (unpaired) electrons. The molecule has 4 nitrogen and oxygen atoms in total. The van der Waals surface area contributed by atoms with Crippen LogP contribution < -0.4 is 10.1 Å². The Labute approximate surface area is 113 Å². The minimum Gasteiger partial charge on any atom is -0.477 e. The number of piperidine rings is 1. The second-order valence-corrected chi connectivity index (χ2v) is 5.03. The second-order valence-electron chi connectivity index (χ2n) is 5.03. The zero-order valence-electron chi connectivity index (χ0n) is 11.0. The van der Waals surface area contributed by atoms with Gasteiger partial charge in [0.1, 0.15) is 0 Å². The quantitative estimate of drug-likeness (QED) is 0.913. The Balaban J connectivity index is 1.56. The number of fused-ring (bicyclic) bond motifs is 1. The molecule has 1 saturated heterocycles. The highest BCUT2D eigenvalue weighted by Crippen LogP contribution is 2.17. The lowest BCUT2D eigenvalue weighted by atomic mass is 9.95. The molecule has 1 aromatic carbocycles. The fourth-order valence-corrected chi connectivity index (χ4v) is 2.51. The smallest absolute Gasteiger partial charge is 0.232 e. The Kier molecular flexibility index (Phi) is 3.89. The number of hydrogen-bond acceptors (Lipinski definition) is 4. The van der Waals surface area contributed by atoms with Crippen LogP contribution in [0.2, 0.25) is 0 Å². The number of nitrogens with zero attached hydrogens (tertiary/aromatic N) is 2. The predicted molar refractivity (Wildman–Crippen MR) is 75.2 cm³/mol. The van der Waals surface area contributed by atoms with Crippen molar-refractivity contribution in [3.8, 4) is 5.88 Å². The normalized spacial score (nSPS) is 16.6. The standard InChI is InChI=1S/C15H19N3O/c1-2-4-14-13(3-1)17-11-15(18-14)19-10-7-12-5-8-16-9-6-12/h1-4,11-12,16H,5-10H2. The van der Waals surface area contributed by atoms with Crippen molar-refractivity contribution in [2.45, 2.75) is 19.3 Å². The molecule has 0 atom stereocenters. The second kappa shape index (κ2) is 5.97. The highest BCUT2D eigenvalue weighted by molar-refractivity contribution is 5.73. The number of hydrogen-bond donors (Lipinski definition) is 1. The summed E-state index contributed by atoms with van der Waals surface area (Å²) in [5, 5.41) is 3.38. The maximum Gasteiger partial charge on any atom is 0.232 e. The zero-order chi connectivity index (χ0) is 12.9. The Bertz CT molecular complexity index is 538. The van der Waals surface area contributed by atoms with E-state index in [0.29, 0.717) is 5.88 Å².